The summed E-state index contributed by atoms with van der Waals surface area (Å²) >= 11 is 0. The van der Waals surface area contributed by atoms with Gasteiger partial charge in [0.2, 0.25) is 0 Å². The number of carbonyl (C=O) groups is 1. The molecule has 0 aliphatic carbocycles. The second kappa shape index (κ2) is 6.55. The van der Waals surface area contributed by atoms with Crippen molar-refractivity contribution in [1.82, 2.24) is 0 Å². The zero-order chi connectivity index (χ0) is 17.2. The minimum absolute atomic E-state index is 0.246. The summed E-state index contributed by atoms with van der Waals surface area (Å²) in [6.45, 7) is 13.8. The number of esters is 1. The summed E-state index contributed by atoms with van der Waals surface area (Å²) < 4.78 is 6.40. The number of nitrogens with zero attached hydrogens (tertiary/aromatic N) is 1. The number of quaternary nitrogens is 1. The van der Waals surface area contributed by atoms with Gasteiger partial charge in [0, 0.05) is 5.56 Å². The monoisotopic (exact) mass is 322 g/mol. The maximum Gasteiger partial charge on any atom is 0.338 e. The van der Waals surface area contributed by atoms with Crippen LogP contribution >= 0.6 is 0 Å². The van der Waals surface area contributed by atoms with Gasteiger partial charge in [-0.2, -0.15) is 0 Å². The van der Waals surface area contributed by atoms with Crippen LogP contribution in [0.25, 0.3) is 0 Å². The molecule has 0 aromatic heterocycles. The van der Waals surface area contributed by atoms with E-state index >= 15 is 0 Å². The molecule has 22 heavy (non-hydrogen) atoms. The fourth-order valence-electron chi connectivity index (χ4n) is 2.97. The molecule has 4 heteroatoms. The summed E-state index contributed by atoms with van der Waals surface area (Å²) in [5.41, 5.74) is 1.37. The highest BCUT2D eigenvalue weighted by atomic mass is 28.3. The van der Waals surface area contributed by atoms with E-state index in [1.807, 2.05) is 39.0 Å². The average molecular weight is 323 g/mol. The van der Waals surface area contributed by atoms with Gasteiger partial charge in [0.25, 0.3) is 0 Å². The molecule has 0 N–H and O–H groups in total. The lowest BCUT2D eigenvalue weighted by Crippen LogP contribution is -2.49. The smallest absolute Gasteiger partial charge is 0.338 e. The van der Waals surface area contributed by atoms with E-state index in [9.17, 15) is 4.79 Å². The van der Waals surface area contributed by atoms with Gasteiger partial charge in [-0.25, -0.2) is 4.79 Å². The first-order valence-electron chi connectivity index (χ1n) is 7.92. The highest BCUT2D eigenvalue weighted by molar-refractivity contribution is 6.75. The van der Waals surface area contributed by atoms with Crippen LogP contribution in [-0.4, -0.2) is 44.4 Å². The first kappa shape index (κ1) is 18.9. The summed E-state index contributed by atoms with van der Waals surface area (Å²) in [6, 6.07) is 7.84. The topological polar surface area (TPSA) is 26.3 Å². The molecule has 1 rings (SSSR count). The summed E-state index contributed by atoms with van der Waals surface area (Å²) in [4.78, 5) is 12.2. The Kier molecular flexibility index (Phi) is 5.63. The lowest BCUT2D eigenvalue weighted by molar-refractivity contribution is -0.894. The maximum absolute atomic E-state index is 12.2. The quantitative estimate of drug-likeness (QED) is 0.463. The summed E-state index contributed by atoms with van der Waals surface area (Å²) in [6.07, 6.45) is 1.21. The van der Waals surface area contributed by atoms with E-state index in [0.717, 1.165) is 11.0 Å². The minimum Gasteiger partial charge on any atom is -0.456 e. The molecule has 0 saturated carbocycles. The van der Waals surface area contributed by atoms with Gasteiger partial charge in [-0.15, -0.1) is 0 Å². The van der Waals surface area contributed by atoms with Gasteiger partial charge in [0.15, 0.2) is 0 Å². The van der Waals surface area contributed by atoms with Crippen LogP contribution < -0.4 is 0 Å². The third-order valence-corrected chi connectivity index (χ3v) is 4.88. The summed E-state index contributed by atoms with van der Waals surface area (Å²) in [5.74, 6) is -0.246. The first-order valence-corrected chi connectivity index (χ1v) is 11.6. The molecule has 0 heterocycles. The van der Waals surface area contributed by atoms with Gasteiger partial charge in [-0.05, 0) is 32.9 Å². The Balaban J connectivity index is 2.86. The van der Waals surface area contributed by atoms with Gasteiger partial charge in [0.1, 0.15) is 20.2 Å². The fourth-order valence-corrected chi connectivity index (χ4v) is 5.65. The highest BCUT2D eigenvalue weighted by Crippen LogP contribution is 2.17. The Labute approximate surface area is 136 Å². The van der Waals surface area contributed by atoms with Crippen LogP contribution in [0.15, 0.2) is 24.3 Å². The SMILES string of the molecule is CC(C)(C)OC(=O)c1cccc(C[N+](C)(C)C[Si](C)(C)C)c1. The van der Waals surface area contributed by atoms with Gasteiger partial charge < -0.3 is 9.22 Å². The Morgan fingerprint density at radius 2 is 1.77 bits per heavy atom. The number of hydrogen-bond acceptors (Lipinski definition) is 2. The van der Waals surface area contributed by atoms with Gasteiger partial charge >= 0.3 is 5.97 Å². The zero-order valence-electron chi connectivity index (χ0n) is 15.5. The molecule has 0 atom stereocenters. The van der Waals surface area contributed by atoms with E-state index in [2.05, 4.69) is 39.8 Å². The zero-order valence-corrected chi connectivity index (χ0v) is 16.5. The fraction of sp³-hybridized carbons (Fsp3) is 0.611. The number of hydrogen-bond donors (Lipinski definition) is 0. The van der Waals surface area contributed by atoms with E-state index in [1.165, 1.54) is 11.7 Å². The Morgan fingerprint density at radius 1 is 1.18 bits per heavy atom. The van der Waals surface area contributed by atoms with Crippen molar-refractivity contribution in [2.45, 2.75) is 52.6 Å². The summed E-state index contributed by atoms with van der Waals surface area (Å²) in [7, 11) is 3.39. The van der Waals surface area contributed by atoms with Crippen molar-refractivity contribution in [3.05, 3.63) is 35.4 Å². The van der Waals surface area contributed by atoms with Gasteiger partial charge in [-0.1, -0.05) is 31.8 Å². The Bertz CT molecular complexity index is 525. The van der Waals surface area contributed by atoms with Crippen LogP contribution in [0.2, 0.25) is 19.6 Å². The number of ether oxygens (including phenoxy) is 1. The van der Waals surface area contributed by atoms with E-state index in [4.69, 9.17) is 4.74 Å². The normalized spacial score (nSPS) is 13.1. The van der Waals surface area contributed by atoms with Crippen molar-refractivity contribution >= 4 is 14.0 Å². The molecule has 1 aromatic rings. The van der Waals surface area contributed by atoms with Crippen molar-refractivity contribution in [2.24, 2.45) is 0 Å². The maximum atomic E-state index is 12.2. The van der Waals surface area contributed by atoms with Crippen LogP contribution in [0.3, 0.4) is 0 Å². The number of benzene rings is 1. The molecule has 3 nitrogen and oxygen atoms in total. The molecule has 124 valence electrons. The van der Waals surface area contributed by atoms with E-state index < -0.39 is 13.7 Å². The third-order valence-electron chi connectivity index (χ3n) is 3.07. The molecule has 0 unspecified atom stereocenters. The lowest BCUT2D eigenvalue weighted by atomic mass is 10.1. The van der Waals surface area contributed by atoms with Crippen LogP contribution in [0.5, 0.6) is 0 Å². The van der Waals surface area contributed by atoms with Crippen molar-refractivity contribution in [3.63, 3.8) is 0 Å². The molecule has 0 radical (unpaired) electrons. The third kappa shape index (κ3) is 7.23. The van der Waals surface area contributed by atoms with Crippen molar-refractivity contribution in [3.8, 4) is 0 Å². The predicted octanol–water partition coefficient (Wildman–Crippen LogP) is 4.10. The second-order valence-electron chi connectivity index (χ2n) is 9.01. The molecule has 1 aromatic carbocycles. The molecule has 0 aliphatic heterocycles. The van der Waals surface area contributed by atoms with Crippen molar-refractivity contribution in [2.75, 3.05) is 20.3 Å². The number of rotatable bonds is 5. The first-order chi connectivity index (χ1) is 9.77. The summed E-state index contributed by atoms with van der Waals surface area (Å²) in [5, 5.41) is 0. The molecule has 0 aliphatic rings. The van der Waals surface area contributed by atoms with E-state index in [0.29, 0.717) is 5.56 Å². The highest BCUT2D eigenvalue weighted by Gasteiger charge is 2.27. The number of carbonyl (C=O) groups excluding carboxylic acids is 1. The molecule has 0 amide bonds. The molecule has 0 saturated heterocycles. The molecule has 0 bridgehead atoms. The largest absolute Gasteiger partial charge is 0.456 e. The van der Waals surface area contributed by atoms with Crippen molar-refractivity contribution in [1.29, 1.82) is 0 Å². The van der Waals surface area contributed by atoms with E-state index in [1.54, 1.807) is 0 Å². The van der Waals surface area contributed by atoms with Crippen LogP contribution in [0, 0.1) is 0 Å². The molecular weight excluding hydrogens is 290 g/mol. The lowest BCUT2D eigenvalue weighted by Gasteiger charge is -2.35. The molecular formula is C18H32NO2Si+. The van der Waals surface area contributed by atoms with E-state index in [-0.39, 0.29) is 5.97 Å². The van der Waals surface area contributed by atoms with Crippen LogP contribution in [0.1, 0.15) is 36.7 Å². The molecule has 0 spiro atoms. The second-order valence-corrected chi connectivity index (χ2v) is 14.5. The molecule has 0 fully saturated rings. The minimum atomic E-state index is -1.13. The van der Waals surface area contributed by atoms with Gasteiger partial charge in [0.05, 0.1) is 25.8 Å². The predicted molar refractivity (Wildman–Crippen MR) is 95.6 cm³/mol. The van der Waals surface area contributed by atoms with Crippen molar-refractivity contribution < 1.29 is 14.0 Å². The van der Waals surface area contributed by atoms with Crippen LogP contribution in [0.4, 0.5) is 0 Å². The van der Waals surface area contributed by atoms with Crippen LogP contribution in [-0.2, 0) is 11.3 Å². The van der Waals surface area contributed by atoms with Gasteiger partial charge in [-0.3, -0.25) is 0 Å². The average Bonchev–Trinajstić information content (AvgIpc) is 2.22. The Morgan fingerprint density at radius 3 is 2.27 bits per heavy atom. The standard InChI is InChI=1S/C18H32NO2Si/c1-18(2,3)21-17(20)16-11-9-10-15(12-16)13-19(4,5)14-22(6,7)8/h9-12H,13-14H2,1-8H3/q+1. The Hall–Kier alpha value is -1.13.